The van der Waals surface area contributed by atoms with Crippen molar-refractivity contribution < 1.29 is 13.2 Å². The number of hydrogen-bond acceptors (Lipinski definition) is 1. The fourth-order valence-electron chi connectivity index (χ4n) is 0.816. The van der Waals surface area contributed by atoms with Crippen LogP contribution in [-0.2, 0) is 5.88 Å². The van der Waals surface area contributed by atoms with Crippen LogP contribution in [0.3, 0.4) is 0 Å². The largest absolute Gasteiger partial charge is 0.266 e. The first-order valence-electron chi connectivity index (χ1n) is 3.25. The van der Waals surface area contributed by atoms with E-state index in [0.29, 0.717) is 3.70 Å². The van der Waals surface area contributed by atoms with Gasteiger partial charge in [0.1, 0.15) is 3.70 Å². The molecule has 0 spiro atoms. The maximum atomic E-state index is 13.1. The minimum Gasteiger partial charge on any atom is -0.243 e. The molecule has 1 nitrogen and oxygen atoms in total. The van der Waals surface area contributed by atoms with Gasteiger partial charge >= 0.3 is 0 Å². The normalized spacial score (nSPS) is 10.9. The SMILES string of the molecule is Fc1c(C(F)F)cc(I)nc1CCl. The van der Waals surface area contributed by atoms with Crippen LogP contribution >= 0.6 is 34.2 Å². The zero-order valence-electron chi connectivity index (χ0n) is 6.20. The molecule has 0 amide bonds. The minimum atomic E-state index is -2.83. The van der Waals surface area contributed by atoms with Gasteiger partial charge in [-0.1, -0.05) is 0 Å². The molecule has 6 heteroatoms. The molecule has 0 aliphatic carbocycles. The Morgan fingerprint density at radius 1 is 1.54 bits per heavy atom. The Hall–Kier alpha value is -0.0400. The van der Waals surface area contributed by atoms with E-state index in [-0.39, 0.29) is 11.6 Å². The first-order valence-corrected chi connectivity index (χ1v) is 4.86. The second kappa shape index (κ2) is 4.45. The van der Waals surface area contributed by atoms with Crippen LogP contribution in [0.2, 0.25) is 0 Å². The van der Waals surface area contributed by atoms with E-state index >= 15 is 0 Å². The zero-order valence-corrected chi connectivity index (χ0v) is 9.11. The molecule has 1 aromatic rings. The summed E-state index contributed by atoms with van der Waals surface area (Å²) in [6, 6.07) is 1.01. The Morgan fingerprint density at radius 3 is 2.62 bits per heavy atom. The molecule has 1 heterocycles. The molecule has 0 fully saturated rings. The maximum absolute atomic E-state index is 13.1. The lowest BCUT2D eigenvalue weighted by Crippen LogP contribution is -2.01. The van der Waals surface area contributed by atoms with Gasteiger partial charge in [0.25, 0.3) is 6.43 Å². The lowest BCUT2D eigenvalue weighted by molar-refractivity contribution is 0.145. The molecule has 0 aromatic carbocycles. The summed E-state index contributed by atoms with van der Waals surface area (Å²) < 4.78 is 37.8. The van der Waals surface area contributed by atoms with E-state index in [0.717, 1.165) is 6.07 Å². The number of rotatable bonds is 2. The van der Waals surface area contributed by atoms with Gasteiger partial charge in [-0.15, -0.1) is 11.6 Å². The van der Waals surface area contributed by atoms with Crippen LogP contribution in [0.25, 0.3) is 0 Å². The minimum absolute atomic E-state index is 0.135. The molecule has 0 radical (unpaired) electrons. The van der Waals surface area contributed by atoms with Crippen LogP contribution in [0.4, 0.5) is 13.2 Å². The molecule has 0 bridgehead atoms. The molecule has 0 unspecified atom stereocenters. The summed E-state index contributed by atoms with van der Waals surface area (Å²) in [5.74, 6) is -1.21. The van der Waals surface area contributed by atoms with Crippen LogP contribution < -0.4 is 0 Å². The van der Waals surface area contributed by atoms with Crippen molar-refractivity contribution in [2.24, 2.45) is 0 Å². The monoisotopic (exact) mass is 321 g/mol. The third kappa shape index (κ3) is 2.46. The van der Waals surface area contributed by atoms with E-state index in [1.807, 2.05) is 0 Å². The van der Waals surface area contributed by atoms with Gasteiger partial charge < -0.3 is 0 Å². The Kier molecular flexibility index (Phi) is 3.78. The molecule has 13 heavy (non-hydrogen) atoms. The molecular weight excluding hydrogens is 317 g/mol. The number of nitrogens with zero attached hydrogens (tertiary/aromatic N) is 1. The van der Waals surface area contributed by atoms with Crippen molar-refractivity contribution >= 4 is 34.2 Å². The first-order chi connectivity index (χ1) is 6.06. The van der Waals surface area contributed by atoms with Gasteiger partial charge in [0.2, 0.25) is 0 Å². The van der Waals surface area contributed by atoms with Crippen LogP contribution in [0.1, 0.15) is 17.7 Å². The van der Waals surface area contributed by atoms with E-state index in [4.69, 9.17) is 11.6 Å². The summed E-state index contributed by atoms with van der Waals surface area (Å²) in [6.45, 7) is 0. The summed E-state index contributed by atoms with van der Waals surface area (Å²) in [5.41, 5.74) is -0.779. The highest BCUT2D eigenvalue weighted by Crippen LogP contribution is 2.25. The second-order valence-corrected chi connectivity index (χ2v) is 3.60. The molecule has 72 valence electrons. The van der Waals surface area contributed by atoms with Crippen molar-refractivity contribution in [3.05, 3.63) is 26.8 Å². The van der Waals surface area contributed by atoms with Gasteiger partial charge in [-0.25, -0.2) is 18.2 Å². The Balaban J connectivity index is 3.27. The number of alkyl halides is 3. The highest BCUT2D eigenvalue weighted by atomic mass is 127. The summed E-state index contributed by atoms with van der Waals surface area (Å²) in [5, 5.41) is 0. The van der Waals surface area contributed by atoms with Gasteiger partial charge in [-0.3, -0.25) is 0 Å². The Morgan fingerprint density at radius 2 is 2.15 bits per heavy atom. The number of hydrogen-bond donors (Lipinski definition) is 0. The number of pyridine rings is 1. The topological polar surface area (TPSA) is 12.9 Å². The molecule has 1 aromatic heterocycles. The van der Waals surface area contributed by atoms with Crippen molar-refractivity contribution in [1.82, 2.24) is 4.98 Å². The van der Waals surface area contributed by atoms with Crippen molar-refractivity contribution in [1.29, 1.82) is 0 Å². The van der Waals surface area contributed by atoms with Crippen LogP contribution in [0.5, 0.6) is 0 Å². The highest BCUT2D eigenvalue weighted by Gasteiger charge is 2.18. The molecule has 0 aliphatic heterocycles. The van der Waals surface area contributed by atoms with Gasteiger partial charge in [-0.2, -0.15) is 0 Å². The molecule has 0 atom stereocenters. The lowest BCUT2D eigenvalue weighted by atomic mass is 10.2. The number of aromatic nitrogens is 1. The molecule has 1 rings (SSSR count). The van der Waals surface area contributed by atoms with E-state index in [2.05, 4.69) is 4.98 Å². The third-order valence-electron chi connectivity index (χ3n) is 1.38. The van der Waals surface area contributed by atoms with Gasteiger partial charge in [-0.05, 0) is 28.7 Å². The second-order valence-electron chi connectivity index (χ2n) is 2.23. The molecular formula is C7H4ClF3IN. The van der Waals surface area contributed by atoms with Crippen molar-refractivity contribution in [2.45, 2.75) is 12.3 Å². The third-order valence-corrected chi connectivity index (χ3v) is 2.19. The van der Waals surface area contributed by atoms with Gasteiger partial charge in [0, 0.05) is 0 Å². The maximum Gasteiger partial charge on any atom is 0.266 e. The zero-order chi connectivity index (χ0) is 10.0. The van der Waals surface area contributed by atoms with Crippen molar-refractivity contribution in [3.8, 4) is 0 Å². The van der Waals surface area contributed by atoms with Gasteiger partial charge in [0.15, 0.2) is 5.82 Å². The Labute approximate surface area is 91.4 Å². The van der Waals surface area contributed by atoms with E-state index in [1.54, 1.807) is 22.6 Å². The van der Waals surface area contributed by atoms with Crippen molar-refractivity contribution in [3.63, 3.8) is 0 Å². The summed E-state index contributed by atoms with van der Waals surface area (Å²) in [4.78, 5) is 3.68. The predicted molar refractivity (Wildman–Crippen MR) is 51.4 cm³/mol. The fraction of sp³-hybridized carbons (Fsp3) is 0.286. The lowest BCUT2D eigenvalue weighted by Gasteiger charge is -2.05. The predicted octanol–water partition coefficient (Wildman–Crippen LogP) is 3.50. The first kappa shape index (κ1) is 11.0. The highest BCUT2D eigenvalue weighted by molar-refractivity contribution is 14.1. The Bertz CT molecular complexity index is 319. The van der Waals surface area contributed by atoms with E-state index in [9.17, 15) is 13.2 Å². The van der Waals surface area contributed by atoms with Crippen LogP contribution in [0, 0.1) is 9.52 Å². The van der Waals surface area contributed by atoms with Gasteiger partial charge in [0.05, 0.1) is 17.1 Å². The smallest absolute Gasteiger partial charge is 0.243 e. The molecule has 0 saturated heterocycles. The quantitative estimate of drug-likeness (QED) is 0.461. The molecule has 0 N–H and O–H groups in total. The summed E-state index contributed by atoms with van der Waals surface area (Å²) >= 11 is 7.06. The van der Waals surface area contributed by atoms with E-state index < -0.39 is 17.8 Å². The van der Waals surface area contributed by atoms with E-state index in [1.165, 1.54) is 0 Å². The number of halogens is 5. The standard InChI is InChI=1S/C7H4ClF3IN/c8-2-4-6(9)3(7(10)11)1-5(12)13-4/h1,7H,2H2. The molecule has 0 aliphatic rings. The average molecular weight is 321 g/mol. The average Bonchev–Trinajstić information content (AvgIpc) is 2.08. The van der Waals surface area contributed by atoms with Crippen molar-refractivity contribution in [2.75, 3.05) is 0 Å². The fourth-order valence-corrected chi connectivity index (χ4v) is 1.62. The van der Waals surface area contributed by atoms with Crippen LogP contribution in [-0.4, -0.2) is 4.98 Å². The molecule has 0 saturated carbocycles. The summed E-state index contributed by atoms with van der Waals surface area (Å²) in [6.07, 6.45) is -2.83. The van der Waals surface area contributed by atoms with Crippen LogP contribution in [0.15, 0.2) is 6.07 Å². The summed E-state index contributed by atoms with van der Waals surface area (Å²) in [7, 11) is 0.